The Morgan fingerprint density at radius 1 is 1.05 bits per heavy atom. The van der Waals surface area contributed by atoms with Gasteiger partial charge in [-0.3, -0.25) is 0 Å². The van der Waals surface area contributed by atoms with Crippen molar-refractivity contribution in [3.05, 3.63) is 64.7 Å². The Balaban J connectivity index is 2.23. The van der Waals surface area contributed by atoms with Gasteiger partial charge in [0.25, 0.3) is 0 Å². The van der Waals surface area contributed by atoms with Crippen molar-refractivity contribution in [1.29, 1.82) is 0 Å². The molecule has 1 atom stereocenters. The van der Waals surface area contributed by atoms with Crippen molar-refractivity contribution in [2.75, 3.05) is 0 Å². The molecule has 2 rings (SSSR count). The fourth-order valence-electron chi connectivity index (χ4n) is 2.51. The van der Waals surface area contributed by atoms with Gasteiger partial charge in [0.1, 0.15) is 0 Å². The molecule has 0 amide bonds. The summed E-state index contributed by atoms with van der Waals surface area (Å²) in [4.78, 5) is 0.343. The first-order chi connectivity index (χ1) is 10.3. The Bertz CT molecular complexity index is 749. The third kappa shape index (κ3) is 3.76. The summed E-state index contributed by atoms with van der Waals surface area (Å²) in [7, 11) is -3.52. The van der Waals surface area contributed by atoms with E-state index < -0.39 is 10.0 Å². The Hall–Kier alpha value is -1.65. The molecule has 0 heterocycles. The number of sulfonamides is 1. The summed E-state index contributed by atoms with van der Waals surface area (Å²) >= 11 is 0. The van der Waals surface area contributed by atoms with E-state index in [4.69, 9.17) is 0 Å². The molecule has 0 saturated carbocycles. The molecule has 118 valence electrons. The molecular formula is C18H23NO2S. The highest BCUT2D eigenvalue weighted by molar-refractivity contribution is 7.89. The highest BCUT2D eigenvalue weighted by atomic mass is 32.2. The van der Waals surface area contributed by atoms with Gasteiger partial charge >= 0.3 is 0 Å². The van der Waals surface area contributed by atoms with Gasteiger partial charge < -0.3 is 0 Å². The molecule has 0 radical (unpaired) electrons. The molecule has 0 fully saturated rings. The van der Waals surface area contributed by atoms with Gasteiger partial charge in [0.2, 0.25) is 10.0 Å². The minimum atomic E-state index is -3.52. The first-order valence-corrected chi connectivity index (χ1v) is 9.00. The van der Waals surface area contributed by atoms with Crippen LogP contribution in [-0.4, -0.2) is 8.42 Å². The first kappa shape index (κ1) is 16.7. The smallest absolute Gasteiger partial charge is 0.207 e. The summed E-state index contributed by atoms with van der Waals surface area (Å²) < 4.78 is 27.9. The van der Waals surface area contributed by atoms with Gasteiger partial charge in [-0.2, -0.15) is 0 Å². The van der Waals surface area contributed by atoms with Crippen molar-refractivity contribution in [1.82, 2.24) is 4.72 Å². The number of nitrogens with one attached hydrogen (secondary N) is 1. The quantitative estimate of drug-likeness (QED) is 0.909. The van der Waals surface area contributed by atoms with Crippen molar-refractivity contribution in [2.24, 2.45) is 0 Å². The van der Waals surface area contributed by atoms with Crippen LogP contribution in [0.5, 0.6) is 0 Å². The molecule has 1 unspecified atom stereocenters. The molecule has 0 aromatic heterocycles. The number of rotatable bonds is 5. The fraction of sp³-hybridized carbons (Fsp3) is 0.333. The second-order valence-corrected chi connectivity index (χ2v) is 7.39. The average Bonchev–Trinajstić information content (AvgIpc) is 2.46. The monoisotopic (exact) mass is 317 g/mol. The van der Waals surface area contributed by atoms with Crippen molar-refractivity contribution in [2.45, 2.75) is 45.1 Å². The lowest BCUT2D eigenvalue weighted by atomic mass is 10.1. The molecule has 1 N–H and O–H groups in total. The number of hydrogen-bond acceptors (Lipinski definition) is 2. The molecule has 2 aromatic rings. The molecule has 2 aromatic carbocycles. The van der Waals surface area contributed by atoms with E-state index in [0.717, 1.165) is 23.1 Å². The summed E-state index contributed by atoms with van der Waals surface area (Å²) in [6.45, 7) is 7.74. The predicted octanol–water partition coefficient (Wildman–Crippen LogP) is 3.91. The maximum absolute atomic E-state index is 12.6. The molecule has 0 saturated heterocycles. The Morgan fingerprint density at radius 2 is 1.68 bits per heavy atom. The van der Waals surface area contributed by atoms with Crippen LogP contribution >= 0.6 is 0 Å². The zero-order valence-electron chi connectivity index (χ0n) is 13.6. The third-order valence-electron chi connectivity index (χ3n) is 3.84. The minimum absolute atomic E-state index is 0.267. The largest absolute Gasteiger partial charge is 0.241 e. The van der Waals surface area contributed by atoms with Crippen molar-refractivity contribution in [3.63, 3.8) is 0 Å². The van der Waals surface area contributed by atoms with Crippen molar-refractivity contribution in [3.8, 4) is 0 Å². The SMILES string of the molecule is CCc1ccc(C(C)NS(=O)(=O)c2ccc(C)cc2C)cc1. The molecular weight excluding hydrogens is 294 g/mol. The zero-order chi connectivity index (χ0) is 16.3. The Labute approximate surface area is 133 Å². The molecule has 3 nitrogen and oxygen atoms in total. The Morgan fingerprint density at radius 3 is 2.23 bits per heavy atom. The van der Waals surface area contributed by atoms with Crippen LogP contribution in [0.2, 0.25) is 0 Å². The summed E-state index contributed by atoms with van der Waals surface area (Å²) in [6, 6.07) is 13.1. The van der Waals surface area contributed by atoms with Gasteiger partial charge in [0.05, 0.1) is 4.90 Å². The van der Waals surface area contributed by atoms with Crippen LogP contribution in [0.1, 0.15) is 42.1 Å². The fourth-order valence-corrected chi connectivity index (χ4v) is 3.97. The number of hydrogen-bond donors (Lipinski definition) is 1. The second kappa shape index (κ2) is 6.63. The average molecular weight is 317 g/mol. The minimum Gasteiger partial charge on any atom is -0.207 e. The van der Waals surface area contributed by atoms with Crippen LogP contribution in [-0.2, 0) is 16.4 Å². The van der Waals surface area contributed by atoms with Crippen LogP contribution in [0.25, 0.3) is 0 Å². The van der Waals surface area contributed by atoms with Gasteiger partial charge in [-0.25, -0.2) is 13.1 Å². The van der Waals surface area contributed by atoms with E-state index in [0.29, 0.717) is 4.90 Å². The highest BCUT2D eigenvalue weighted by Crippen LogP contribution is 2.20. The van der Waals surface area contributed by atoms with Gasteiger partial charge in [-0.15, -0.1) is 0 Å². The first-order valence-electron chi connectivity index (χ1n) is 7.52. The van der Waals surface area contributed by atoms with Gasteiger partial charge in [-0.1, -0.05) is 48.9 Å². The molecule has 22 heavy (non-hydrogen) atoms. The number of benzene rings is 2. The number of aryl methyl sites for hydroxylation is 3. The predicted molar refractivity (Wildman–Crippen MR) is 90.5 cm³/mol. The van der Waals surface area contributed by atoms with E-state index in [-0.39, 0.29) is 6.04 Å². The van der Waals surface area contributed by atoms with Crippen LogP contribution < -0.4 is 4.72 Å². The summed E-state index contributed by atoms with van der Waals surface area (Å²) in [5, 5.41) is 0. The normalized spacial score (nSPS) is 13.1. The summed E-state index contributed by atoms with van der Waals surface area (Å²) in [5.41, 5.74) is 4.03. The van der Waals surface area contributed by atoms with Crippen LogP contribution in [0.15, 0.2) is 47.4 Å². The second-order valence-electron chi connectivity index (χ2n) is 5.71. The maximum Gasteiger partial charge on any atom is 0.241 e. The lowest BCUT2D eigenvalue weighted by molar-refractivity contribution is 0.566. The van der Waals surface area contributed by atoms with Crippen LogP contribution in [0.4, 0.5) is 0 Å². The van der Waals surface area contributed by atoms with E-state index in [1.54, 1.807) is 6.07 Å². The van der Waals surface area contributed by atoms with Gasteiger partial charge in [0.15, 0.2) is 0 Å². The third-order valence-corrected chi connectivity index (χ3v) is 5.54. The molecule has 0 bridgehead atoms. The maximum atomic E-state index is 12.6. The molecule has 4 heteroatoms. The van der Waals surface area contributed by atoms with Crippen molar-refractivity contribution < 1.29 is 8.42 Å². The molecule has 0 aliphatic heterocycles. The molecule has 0 aliphatic rings. The zero-order valence-corrected chi connectivity index (χ0v) is 14.4. The van der Waals surface area contributed by atoms with E-state index in [2.05, 4.69) is 11.6 Å². The van der Waals surface area contributed by atoms with E-state index in [1.807, 2.05) is 57.2 Å². The molecule has 0 aliphatic carbocycles. The van der Waals surface area contributed by atoms with E-state index in [1.165, 1.54) is 5.56 Å². The summed E-state index contributed by atoms with van der Waals surface area (Å²) in [6.07, 6.45) is 0.975. The van der Waals surface area contributed by atoms with Crippen LogP contribution in [0, 0.1) is 13.8 Å². The lowest BCUT2D eigenvalue weighted by Crippen LogP contribution is -2.27. The summed E-state index contributed by atoms with van der Waals surface area (Å²) in [5.74, 6) is 0. The van der Waals surface area contributed by atoms with Gasteiger partial charge in [-0.05, 0) is 49.9 Å². The van der Waals surface area contributed by atoms with E-state index >= 15 is 0 Å². The Kier molecular flexibility index (Phi) is 5.04. The highest BCUT2D eigenvalue weighted by Gasteiger charge is 2.20. The molecule has 0 spiro atoms. The van der Waals surface area contributed by atoms with Crippen LogP contribution in [0.3, 0.4) is 0 Å². The van der Waals surface area contributed by atoms with E-state index in [9.17, 15) is 8.42 Å². The lowest BCUT2D eigenvalue weighted by Gasteiger charge is -2.16. The standard InChI is InChI=1S/C18H23NO2S/c1-5-16-7-9-17(10-8-16)15(4)19-22(20,21)18-11-6-13(2)12-14(18)3/h6-12,15,19H,5H2,1-4H3. The van der Waals surface area contributed by atoms with Crippen molar-refractivity contribution >= 4 is 10.0 Å². The van der Waals surface area contributed by atoms with Gasteiger partial charge in [0, 0.05) is 6.04 Å². The topological polar surface area (TPSA) is 46.2 Å².